The van der Waals surface area contributed by atoms with Crippen molar-refractivity contribution in [2.45, 2.75) is 66.4 Å². The van der Waals surface area contributed by atoms with E-state index in [1.807, 2.05) is 49.4 Å². The van der Waals surface area contributed by atoms with Crippen LogP contribution in [0.5, 0.6) is 11.5 Å². The lowest BCUT2D eigenvalue weighted by Gasteiger charge is -2.30. The van der Waals surface area contributed by atoms with Gasteiger partial charge in [-0.05, 0) is 84.7 Å². The molecule has 3 aromatic rings. The SMILES string of the molecule is CC(=O)Oc1ccc(Cc2c(C)cc(OC[P@@]3(=O)OCC[C@@H](c4cccc(C)c4)O3)cc2C)cc1C(C)C. The largest absolute Gasteiger partial charge is 0.481 e. The lowest BCUT2D eigenvalue weighted by molar-refractivity contribution is -0.131. The summed E-state index contributed by atoms with van der Waals surface area (Å²) in [6, 6.07) is 18.0. The summed E-state index contributed by atoms with van der Waals surface area (Å²) in [6.07, 6.45) is 0.983. The molecule has 1 heterocycles. The second kappa shape index (κ2) is 11.9. The summed E-state index contributed by atoms with van der Waals surface area (Å²) in [5.41, 5.74) is 7.65. The molecule has 202 valence electrons. The van der Waals surface area contributed by atoms with Crippen molar-refractivity contribution in [2.75, 3.05) is 13.0 Å². The number of rotatable bonds is 8. The van der Waals surface area contributed by atoms with Crippen LogP contribution in [-0.4, -0.2) is 18.9 Å². The summed E-state index contributed by atoms with van der Waals surface area (Å²) in [5, 5.41) is 0. The van der Waals surface area contributed by atoms with Gasteiger partial charge in [-0.15, -0.1) is 0 Å². The summed E-state index contributed by atoms with van der Waals surface area (Å²) in [6.45, 7) is 12.1. The molecule has 7 heteroatoms. The molecule has 0 radical (unpaired) electrons. The Balaban J connectivity index is 1.46. The van der Waals surface area contributed by atoms with Gasteiger partial charge < -0.3 is 14.0 Å². The predicted octanol–water partition coefficient (Wildman–Crippen LogP) is 7.96. The maximum absolute atomic E-state index is 13.3. The summed E-state index contributed by atoms with van der Waals surface area (Å²) in [5.74, 6) is 1.15. The zero-order chi connectivity index (χ0) is 27.4. The third kappa shape index (κ3) is 6.93. The molecule has 0 saturated carbocycles. The summed E-state index contributed by atoms with van der Waals surface area (Å²) in [7, 11) is -3.40. The third-order valence-corrected chi connectivity index (χ3v) is 8.36. The molecule has 1 aliphatic heterocycles. The van der Waals surface area contributed by atoms with Gasteiger partial charge >= 0.3 is 13.6 Å². The fourth-order valence-corrected chi connectivity index (χ4v) is 6.32. The fourth-order valence-electron chi connectivity index (χ4n) is 4.82. The standard InChI is InChI=1S/C31H37O6P/c1-20(2)28-17-25(10-11-31(28)36-24(6)32)18-29-22(4)15-27(16-23(29)5)34-19-38(33)35-13-12-30(37-38)26-9-7-8-21(3)14-26/h7-11,14-17,20,30H,12-13,18-19H2,1-6H3/t30-,38+/m0/s1. The molecule has 0 spiro atoms. The van der Waals surface area contributed by atoms with Gasteiger partial charge in [-0.2, -0.15) is 0 Å². The van der Waals surface area contributed by atoms with Crippen molar-refractivity contribution in [3.63, 3.8) is 0 Å². The molecular formula is C31H37O6P. The van der Waals surface area contributed by atoms with Crippen LogP contribution in [0.4, 0.5) is 0 Å². The first-order valence-electron chi connectivity index (χ1n) is 13.1. The van der Waals surface area contributed by atoms with E-state index in [2.05, 4.69) is 39.8 Å². The Kier molecular flexibility index (Phi) is 8.77. The number of aryl methyl sites for hydroxylation is 3. The van der Waals surface area contributed by atoms with Gasteiger partial charge in [-0.3, -0.25) is 13.9 Å². The molecule has 4 rings (SSSR count). The molecule has 1 fully saturated rings. The van der Waals surface area contributed by atoms with Gasteiger partial charge in [0.05, 0.1) is 12.7 Å². The van der Waals surface area contributed by atoms with Crippen molar-refractivity contribution in [2.24, 2.45) is 0 Å². The highest BCUT2D eigenvalue weighted by molar-refractivity contribution is 7.53. The van der Waals surface area contributed by atoms with E-state index in [1.165, 1.54) is 12.5 Å². The molecule has 0 amide bonds. The predicted molar refractivity (Wildman–Crippen MR) is 149 cm³/mol. The number of ether oxygens (including phenoxy) is 2. The van der Waals surface area contributed by atoms with Gasteiger partial charge in [0.15, 0.2) is 6.35 Å². The van der Waals surface area contributed by atoms with Gasteiger partial charge in [-0.1, -0.05) is 55.8 Å². The minimum absolute atomic E-state index is 0.136. The van der Waals surface area contributed by atoms with Gasteiger partial charge in [0.25, 0.3) is 0 Å². The van der Waals surface area contributed by atoms with Crippen molar-refractivity contribution >= 4 is 13.6 Å². The smallest absolute Gasteiger partial charge is 0.368 e. The van der Waals surface area contributed by atoms with Gasteiger partial charge in [0.2, 0.25) is 0 Å². The van der Waals surface area contributed by atoms with E-state index in [9.17, 15) is 9.36 Å². The average Bonchev–Trinajstić information content (AvgIpc) is 2.85. The van der Waals surface area contributed by atoms with Crippen LogP contribution < -0.4 is 9.47 Å². The Morgan fingerprint density at radius 2 is 1.79 bits per heavy atom. The van der Waals surface area contributed by atoms with E-state index in [-0.39, 0.29) is 24.3 Å². The number of benzene rings is 3. The lowest BCUT2D eigenvalue weighted by Crippen LogP contribution is -2.17. The zero-order valence-corrected chi connectivity index (χ0v) is 24.0. The first kappa shape index (κ1) is 28.1. The van der Waals surface area contributed by atoms with Crippen molar-refractivity contribution in [3.8, 4) is 11.5 Å². The number of esters is 1. The van der Waals surface area contributed by atoms with Crippen LogP contribution in [0.2, 0.25) is 0 Å². The van der Waals surface area contributed by atoms with E-state index >= 15 is 0 Å². The quantitative estimate of drug-likeness (QED) is 0.165. The molecule has 3 aromatic carbocycles. The second-order valence-electron chi connectivity index (χ2n) is 10.3. The molecule has 38 heavy (non-hydrogen) atoms. The normalized spacial score (nSPS) is 19.4. The molecule has 1 saturated heterocycles. The highest BCUT2D eigenvalue weighted by Gasteiger charge is 2.35. The van der Waals surface area contributed by atoms with E-state index in [1.54, 1.807) is 0 Å². The number of hydrogen-bond acceptors (Lipinski definition) is 6. The van der Waals surface area contributed by atoms with E-state index in [0.29, 0.717) is 24.5 Å². The molecule has 6 nitrogen and oxygen atoms in total. The molecule has 0 aromatic heterocycles. The van der Waals surface area contributed by atoms with Crippen LogP contribution in [0.15, 0.2) is 54.6 Å². The summed E-state index contributed by atoms with van der Waals surface area (Å²) >= 11 is 0. The van der Waals surface area contributed by atoms with Crippen LogP contribution in [0, 0.1) is 20.8 Å². The van der Waals surface area contributed by atoms with Gasteiger partial charge in [0, 0.05) is 13.3 Å². The Morgan fingerprint density at radius 3 is 2.45 bits per heavy atom. The summed E-state index contributed by atoms with van der Waals surface area (Å²) < 4.78 is 36.2. The van der Waals surface area contributed by atoms with E-state index in [0.717, 1.165) is 39.8 Å². The Bertz CT molecular complexity index is 1340. The molecule has 0 N–H and O–H groups in total. The fraction of sp³-hybridized carbons (Fsp3) is 0.387. The van der Waals surface area contributed by atoms with E-state index in [4.69, 9.17) is 18.5 Å². The van der Waals surface area contributed by atoms with Crippen LogP contribution in [0.1, 0.15) is 78.2 Å². The maximum Gasteiger partial charge on any atom is 0.368 e. The van der Waals surface area contributed by atoms with Crippen LogP contribution in [0.3, 0.4) is 0 Å². The number of carbonyl (C=O) groups is 1. The highest BCUT2D eigenvalue weighted by Crippen LogP contribution is 2.56. The number of hydrogen-bond donors (Lipinski definition) is 0. The first-order chi connectivity index (χ1) is 18.0. The molecule has 1 aliphatic rings. The Hall–Kier alpha value is -2.92. The molecule has 0 unspecified atom stereocenters. The average molecular weight is 537 g/mol. The topological polar surface area (TPSA) is 71.1 Å². The minimum Gasteiger partial charge on any atom is -0.481 e. The van der Waals surface area contributed by atoms with Crippen molar-refractivity contribution in [1.82, 2.24) is 0 Å². The Labute approximate surface area is 225 Å². The summed E-state index contributed by atoms with van der Waals surface area (Å²) in [4.78, 5) is 11.5. The zero-order valence-electron chi connectivity index (χ0n) is 23.1. The van der Waals surface area contributed by atoms with Crippen LogP contribution in [0.25, 0.3) is 0 Å². The minimum atomic E-state index is -3.40. The third-order valence-electron chi connectivity index (χ3n) is 6.76. The number of carbonyl (C=O) groups excluding carboxylic acids is 1. The highest BCUT2D eigenvalue weighted by atomic mass is 31.2. The van der Waals surface area contributed by atoms with Crippen LogP contribution in [-0.2, 0) is 24.8 Å². The van der Waals surface area contributed by atoms with E-state index < -0.39 is 7.60 Å². The van der Waals surface area contributed by atoms with Crippen LogP contribution >= 0.6 is 7.60 Å². The molecule has 0 aliphatic carbocycles. The molecular weight excluding hydrogens is 499 g/mol. The maximum atomic E-state index is 13.3. The van der Waals surface area contributed by atoms with Crippen molar-refractivity contribution in [1.29, 1.82) is 0 Å². The van der Waals surface area contributed by atoms with Gasteiger partial charge in [0.1, 0.15) is 11.5 Å². The van der Waals surface area contributed by atoms with Crippen molar-refractivity contribution in [3.05, 3.63) is 93.5 Å². The molecule has 2 atom stereocenters. The lowest BCUT2D eigenvalue weighted by atomic mass is 9.93. The van der Waals surface area contributed by atoms with Crippen molar-refractivity contribution < 1.29 is 27.9 Å². The second-order valence-corrected chi connectivity index (χ2v) is 12.3. The first-order valence-corrected chi connectivity index (χ1v) is 14.8. The van der Waals surface area contributed by atoms with Gasteiger partial charge in [-0.25, -0.2) is 0 Å². The monoisotopic (exact) mass is 536 g/mol. The molecule has 0 bridgehead atoms. The Morgan fingerprint density at radius 1 is 1.05 bits per heavy atom.